The number of carbonyl (C=O) groups is 1. The SMILES string of the molecule is NC(=O)c1ccc(N)c(OCCC2CC2)c1. The van der Waals surface area contributed by atoms with E-state index in [1.807, 2.05) is 0 Å². The molecule has 2 rings (SSSR count). The molecule has 4 N–H and O–H groups in total. The standard InChI is InChI=1S/C12H16N2O2/c13-10-4-3-9(12(14)15)7-11(10)16-6-5-8-1-2-8/h3-4,7-8H,1-2,5-6,13H2,(H2,14,15). The van der Waals surface area contributed by atoms with Crippen molar-refractivity contribution >= 4 is 11.6 Å². The second-order valence-electron chi connectivity index (χ2n) is 4.20. The fraction of sp³-hybridized carbons (Fsp3) is 0.417. The van der Waals surface area contributed by atoms with Gasteiger partial charge >= 0.3 is 0 Å². The zero-order chi connectivity index (χ0) is 11.5. The molecular formula is C12H16N2O2. The Morgan fingerprint density at radius 2 is 2.19 bits per heavy atom. The summed E-state index contributed by atoms with van der Waals surface area (Å²) in [7, 11) is 0. The van der Waals surface area contributed by atoms with Crippen molar-refractivity contribution in [2.24, 2.45) is 11.7 Å². The van der Waals surface area contributed by atoms with Crippen molar-refractivity contribution in [3.8, 4) is 5.75 Å². The number of anilines is 1. The van der Waals surface area contributed by atoms with Gasteiger partial charge in [-0.25, -0.2) is 0 Å². The van der Waals surface area contributed by atoms with E-state index in [0.717, 1.165) is 12.3 Å². The predicted octanol–water partition coefficient (Wildman–Crippen LogP) is 1.55. The smallest absolute Gasteiger partial charge is 0.248 e. The second-order valence-corrected chi connectivity index (χ2v) is 4.20. The first-order valence-corrected chi connectivity index (χ1v) is 5.49. The molecule has 1 amide bonds. The quantitative estimate of drug-likeness (QED) is 0.739. The summed E-state index contributed by atoms with van der Waals surface area (Å²) in [6.07, 6.45) is 3.67. The largest absolute Gasteiger partial charge is 0.491 e. The maximum absolute atomic E-state index is 11.0. The molecular weight excluding hydrogens is 204 g/mol. The Hall–Kier alpha value is -1.71. The van der Waals surface area contributed by atoms with E-state index in [4.69, 9.17) is 16.2 Å². The van der Waals surface area contributed by atoms with Crippen LogP contribution in [-0.2, 0) is 0 Å². The van der Waals surface area contributed by atoms with Gasteiger partial charge in [0.25, 0.3) is 0 Å². The maximum atomic E-state index is 11.0. The van der Waals surface area contributed by atoms with E-state index in [1.165, 1.54) is 12.8 Å². The lowest BCUT2D eigenvalue weighted by Gasteiger charge is -2.09. The highest BCUT2D eigenvalue weighted by Gasteiger charge is 2.20. The average Bonchev–Trinajstić information content (AvgIpc) is 3.04. The van der Waals surface area contributed by atoms with Crippen LogP contribution in [0.5, 0.6) is 5.75 Å². The number of carbonyl (C=O) groups excluding carboxylic acids is 1. The Kier molecular flexibility index (Phi) is 2.99. The van der Waals surface area contributed by atoms with Gasteiger partial charge in [-0.2, -0.15) is 0 Å². The molecule has 0 saturated heterocycles. The second kappa shape index (κ2) is 4.43. The fourth-order valence-corrected chi connectivity index (χ4v) is 1.55. The molecule has 0 heterocycles. The lowest BCUT2D eigenvalue weighted by molar-refractivity contribution is 0.1000. The van der Waals surface area contributed by atoms with Gasteiger partial charge in [0.15, 0.2) is 0 Å². The van der Waals surface area contributed by atoms with Crippen molar-refractivity contribution in [3.63, 3.8) is 0 Å². The van der Waals surface area contributed by atoms with Crippen LogP contribution in [0, 0.1) is 5.92 Å². The number of ether oxygens (including phenoxy) is 1. The van der Waals surface area contributed by atoms with Crippen LogP contribution in [-0.4, -0.2) is 12.5 Å². The van der Waals surface area contributed by atoms with E-state index in [1.54, 1.807) is 18.2 Å². The maximum Gasteiger partial charge on any atom is 0.248 e. The summed E-state index contributed by atoms with van der Waals surface area (Å²) in [5.74, 6) is 0.907. The monoisotopic (exact) mass is 220 g/mol. The van der Waals surface area contributed by atoms with Gasteiger partial charge < -0.3 is 16.2 Å². The number of nitrogens with two attached hydrogens (primary N) is 2. The first-order chi connectivity index (χ1) is 7.66. The highest BCUT2D eigenvalue weighted by molar-refractivity contribution is 5.93. The molecule has 4 nitrogen and oxygen atoms in total. The van der Waals surface area contributed by atoms with Gasteiger partial charge in [-0.1, -0.05) is 12.8 Å². The molecule has 0 spiro atoms. The van der Waals surface area contributed by atoms with E-state index in [9.17, 15) is 4.79 Å². The molecule has 0 aliphatic heterocycles. The van der Waals surface area contributed by atoms with Gasteiger partial charge in [-0.3, -0.25) is 4.79 Å². The minimum atomic E-state index is -0.466. The van der Waals surface area contributed by atoms with E-state index in [0.29, 0.717) is 23.6 Å². The molecule has 0 aromatic heterocycles. The van der Waals surface area contributed by atoms with Crippen molar-refractivity contribution in [2.75, 3.05) is 12.3 Å². The summed E-state index contributed by atoms with van der Waals surface area (Å²) >= 11 is 0. The summed E-state index contributed by atoms with van der Waals surface area (Å²) < 4.78 is 5.55. The molecule has 0 atom stereocenters. The lowest BCUT2D eigenvalue weighted by Crippen LogP contribution is -2.11. The van der Waals surface area contributed by atoms with Gasteiger partial charge in [0, 0.05) is 5.56 Å². The Morgan fingerprint density at radius 3 is 2.81 bits per heavy atom. The molecule has 16 heavy (non-hydrogen) atoms. The van der Waals surface area contributed by atoms with E-state index < -0.39 is 5.91 Å². The van der Waals surface area contributed by atoms with Crippen LogP contribution in [0.3, 0.4) is 0 Å². The van der Waals surface area contributed by atoms with Gasteiger partial charge in [0.2, 0.25) is 5.91 Å². The third-order valence-electron chi connectivity index (χ3n) is 2.78. The number of rotatable bonds is 5. The Bertz CT molecular complexity index is 400. The van der Waals surface area contributed by atoms with E-state index in [2.05, 4.69) is 0 Å². The van der Waals surface area contributed by atoms with Crippen LogP contribution in [0.25, 0.3) is 0 Å². The first kappa shape index (κ1) is 10.8. The molecule has 1 aromatic carbocycles. The number of hydrogen-bond acceptors (Lipinski definition) is 3. The highest BCUT2D eigenvalue weighted by Crippen LogP contribution is 2.32. The first-order valence-electron chi connectivity index (χ1n) is 5.49. The molecule has 1 fully saturated rings. The number of nitrogen functional groups attached to an aromatic ring is 1. The van der Waals surface area contributed by atoms with E-state index in [-0.39, 0.29) is 0 Å². The molecule has 1 aromatic rings. The molecule has 0 radical (unpaired) electrons. The molecule has 4 heteroatoms. The van der Waals surface area contributed by atoms with Gasteiger partial charge in [0.1, 0.15) is 5.75 Å². The minimum Gasteiger partial charge on any atom is -0.491 e. The van der Waals surface area contributed by atoms with Crippen molar-refractivity contribution in [1.82, 2.24) is 0 Å². The van der Waals surface area contributed by atoms with Crippen molar-refractivity contribution in [2.45, 2.75) is 19.3 Å². The molecule has 1 saturated carbocycles. The van der Waals surface area contributed by atoms with Crippen LogP contribution >= 0.6 is 0 Å². The Balaban J connectivity index is 1.99. The van der Waals surface area contributed by atoms with Crippen LogP contribution < -0.4 is 16.2 Å². The van der Waals surface area contributed by atoms with Crippen LogP contribution in [0.2, 0.25) is 0 Å². The lowest BCUT2D eigenvalue weighted by atomic mass is 10.2. The van der Waals surface area contributed by atoms with Crippen molar-refractivity contribution in [1.29, 1.82) is 0 Å². The summed E-state index contributed by atoms with van der Waals surface area (Å²) in [4.78, 5) is 11.0. The predicted molar refractivity (Wildman–Crippen MR) is 62.2 cm³/mol. The molecule has 1 aliphatic rings. The van der Waals surface area contributed by atoms with E-state index >= 15 is 0 Å². The topological polar surface area (TPSA) is 78.3 Å². The van der Waals surface area contributed by atoms with Crippen LogP contribution in [0.4, 0.5) is 5.69 Å². The summed E-state index contributed by atoms with van der Waals surface area (Å²) in [6, 6.07) is 4.85. The zero-order valence-electron chi connectivity index (χ0n) is 9.11. The van der Waals surface area contributed by atoms with Crippen molar-refractivity contribution in [3.05, 3.63) is 23.8 Å². The third-order valence-corrected chi connectivity index (χ3v) is 2.78. The normalized spacial score (nSPS) is 14.8. The minimum absolute atomic E-state index is 0.427. The summed E-state index contributed by atoms with van der Waals surface area (Å²) in [5, 5.41) is 0. The van der Waals surface area contributed by atoms with Gasteiger partial charge in [-0.05, 0) is 30.5 Å². The Labute approximate surface area is 94.6 Å². The number of primary amides is 1. The number of amides is 1. The van der Waals surface area contributed by atoms with Gasteiger partial charge in [-0.15, -0.1) is 0 Å². The molecule has 0 bridgehead atoms. The number of hydrogen-bond donors (Lipinski definition) is 2. The summed E-state index contributed by atoms with van der Waals surface area (Å²) in [5.41, 5.74) is 11.9. The molecule has 1 aliphatic carbocycles. The zero-order valence-corrected chi connectivity index (χ0v) is 9.11. The van der Waals surface area contributed by atoms with Gasteiger partial charge in [0.05, 0.1) is 12.3 Å². The number of benzene rings is 1. The average molecular weight is 220 g/mol. The van der Waals surface area contributed by atoms with Crippen LogP contribution in [0.15, 0.2) is 18.2 Å². The van der Waals surface area contributed by atoms with Crippen molar-refractivity contribution < 1.29 is 9.53 Å². The Morgan fingerprint density at radius 1 is 1.44 bits per heavy atom. The summed E-state index contributed by atoms with van der Waals surface area (Å²) in [6.45, 7) is 0.650. The molecule has 86 valence electrons. The van der Waals surface area contributed by atoms with Crippen LogP contribution in [0.1, 0.15) is 29.6 Å². The third kappa shape index (κ3) is 2.66. The molecule has 0 unspecified atom stereocenters. The fourth-order valence-electron chi connectivity index (χ4n) is 1.55. The highest BCUT2D eigenvalue weighted by atomic mass is 16.5.